The smallest absolute Gasteiger partial charge is 0.312 e. The van der Waals surface area contributed by atoms with E-state index >= 15 is 0 Å². The molecule has 1 aliphatic rings. The predicted octanol–water partition coefficient (Wildman–Crippen LogP) is -0.0383. The SMILES string of the molecule is CC[C@H](C)C(=O)[O-].C[C@H]1COC1=O. The van der Waals surface area contributed by atoms with Gasteiger partial charge >= 0.3 is 5.97 Å². The Morgan fingerprint density at radius 1 is 1.77 bits per heavy atom. The zero-order chi connectivity index (χ0) is 10.4. The van der Waals surface area contributed by atoms with E-state index in [4.69, 9.17) is 0 Å². The van der Waals surface area contributed by atoms with E-state index in [-0.39, 0.29) is 17.8 Å². The lowest BCUT2D eigenvalue weighted by atomic mass is 10.1. The molecule has 1 fully saturated rings. The van der Waals surface area contributed by atoms with E-state index in [2.05, 4.69) is 4.74 Å². The van der Waals surface area contributed by atoms with E-state index in [1.54, 1.807) is 6.92 Å². The summed E-state index contributed by atoms with van der Waals surface area (Å²) in [5.74, 6) is -1.14. The monoisotopic (exact) mass is 187 g/mol. The number of hydrogen-bond acceptors (Lipinski definition) is 4. The topological polar surface area (TPSA) is 66.4 Å². The van der Waals surface area contributed by atoms with Crippen LogP contribution in [0.5, 0.6) is 0 Å². The maximum absolute atomic E-state index is 10.0. The molecular formula is C9H15O4-. The molecule has 4 heteroatoms. The van der Waals surface area contributed by atoms with E-state index in [1.165, 1.54) is 0 Å². The Hall–Kier alpha value is -1.06. The first-order valence-electron chi connectivity index (χ1n) is 4.36. The van der Waals surface area contributed by atoms with Crippen LogP contribution in [0.1, 0.15) is 27.2 Å². The van der Waals surface area contributed by atoms with E-state index in [9.17, 15) is 14.7 Å². The van der Waals surface area contributed by atoms with Gasteiger partial charge in [0.2, 0.25) is 0 Å². The van der Waals surface area contributed by atoms with Crippen molar-refractivity contribution in [2.24, 2.45) is 11.8 Å². The lowest BCUT2D eigenvalue weighted by Gasteiger charge is -2.19. The van der Waals surface area contributed by atoms with Gasteiger partial charge in [-0.05, 0) is 19.3 Å². The van der Waals surface area contributed by atoms with Gasteiger partial charge in [0.05, 0.1) is 5.92 Å². The van der Waals surface area contributed by atoms with Gasteiger partial charge < -0.3 is 14.6 Å². The molecule has 0 amide bonds. The minimum atomic E-state index is -0.956. The zero-order valence-corrected chi connectivity index (χ0v) is 8.20. The Morgan fingerprint density at radius 2 is 2.23 bits per heavy atom. The summed E-state index contributed by atoms with van der Waals surface area (Å²) >= 11 is 0. The molecule has 2 atom stereocenters. The quantitative estimate of drug-likeness (QED) is 0.569. The highest BCUT2D eigenvalue weighted by molar-refractivity contribution is 5.76. The van der Waals surface area contributed by atoms with Crippen LogP contribution in [0.3, 0.4) is 0 Å². The summed E-state index contributed by atoms with van der Waals surface area (Å²) in [6.45, 7) is 5.93. The van der Waals surface area contributed by atoms with Gasteiger partial charge in [-0.15, -0.1) is 0 Å². The number of ether oxygens (including phenoxy) is 1. The number of carbonyl (C=O) groups excluding carboxylic acids is 2. The highest BCUT2D eigenvalue weighted by Crippen LogP contribution is 2.08. The van der Waals surface area contributed by atoms with Gasteiger partial charge in [0, 0.05) is 5.97 Å². The van der Waals surface area contributed by atoms with Crippen molar-refractivity contribution in [2.45, 2.75) is 27.2 Å². The molecule has 1 aliphatic heterocycles. The molecule has 0 spiro atoms. The molecule has 76 valence electrons. The third-order valence-corrected chi connectivity index (χ3v) is 1.89. The van der Waals surface area contributed by atoms with Gasteiger partial charge in [0.25, 0.3) is 0 Å². The molecule has 0 aromatic rings. The van der Waals surface area contributed by atoms with Crippen LogP contribution in [0.4, 0.5) is 0 Å². The zero-order valence-electron chi connectivity index (χ0n) is 8.20. The van der Waals surface area contributed by atoms with E-state index in [0.29, 0.717) is 13.0 Å². The van der Waals surface area contributed by atoms with Crippen LogP contribution in [-0.4, -0.2) is 18.5 Å². The molecule has 1 saturated heterocycles. The van der Waals surface area contributed by atoms with E-state index in [0.717, 1.165) is 0 Å². The van der Waals surface area contributed by atoms with E-state index in [1.807, 2.05) is 13.8 Å². The second-order valence-corrected chi connectivity index (χ2v) is 3.16. The molecule has 0 unspecified atom stereocenters. The van der Waals surface area contributed by atoms with Crippen molar-refractivity contribution in [2.75, 3.05) is 6.61 Å². The Balaban J connectivity index is 0.000000223. The first-order valence-corrected chi connectivity index (χ1v) is 4.36. The summed E-state index contributed by atoms with van der Waals surface area (Å²) in [5, 5.41) is 9.82. The fourth-order valence-corrected chi connectivity index (χ4v) is 0.485. The third kappa shape index (κ3) is 4.50. The molecule has 0 radical (unpaired) electrons. The van der Waals surface area contributed by atoms with Crippen LogP contribution in [0.25, 0.3) is 0 Å². The maximum Gasteiger partial charge on any atom is 0.312 e. The number of carboxylic acids is 1. The van der Waals surface area contributed by atoms with Crippen molar-refractivity contribution in [3.63, 3.8) is 0 Å². The molecule has 0 aromatic heterocycles. The summed E-state index contributed by atoms with van der Waals surface area (Å²) in [6.07, 6.45) is 0.655. The molecule has 0 aromatic carbocycles. The molecule has 0 aliphatic carbocycles. The third-order valence-electron chi connectivity index (χ3n) is 1.89. The van der Waals surface area contributed by atoms with Gasteiger partial charge in [-0.3, -0.25) is 4.79 Å². The molecule has 1 heterocycles. The highest BCUT2D eigenvalue weighted by Gasteiger charge is 2.24. The molecule has 0 saturated carbocycles. The number of carboxylic acid groups (broad SMARTS) is 1. The van der Waals surface area contributed by atoms with Crippen molar-refractivity contribution in [1.82, 2.24) is 0 Å². The number of carbonyl (C=O) groups is 2. The van der Waals surface area contributed by atoms with Crippen LogP contribution >= 0.6 is 0 Å². The first-order chi connectivity index (χ1) is 5.99. The average Bonchev–Trinajstić information content (AvgIpc) is 2.14. The average molecular weight is 187 g/mol. The van der Waals surface area contributed by atoms with Crippen LogP contribution in [0.15, 0.2) is 0 Å². The Morgan fingerprint density at radius 3 is 2.23 bits per heavy atom. The van der Waals surface area contributed by atoms with E-state index < -0.39 is 5.97 Å². The van der Waals surface area contributed by atoms with Gasteiger partial charge in [-0.2, -0.15) is 0 Å². The van der Waals surface area contributed by atoms with Crippen LogP contribution in [-0.2, 0) is 14.3 Å². The number of cyclic esters (lactones) is 1. The van der Waals surface area contributed by atoms with Crippen molar-refractivity contribution >= 4 is 11.9 Å². The molecule has 1 rings (SSSR count). The van der Waals surface area contributed by atoms with Crippen LogP contribution in [0.2, 0.25) is 0 Å². The summed E-state index contributed by atoms with van der Waals surface area (Å²) < 4.78 is 4.40. The maximum atomic E-state index is 10.0. The molecule has 0 N–H and O–H groups in total. The molecule has 4 nitrogen and oxygen atoms in total. The largest absolute Gasteiger partial charge is 0.550 e. The Bertz CT molecular complexity index is 188. The normalized spacial score (nSPS) is 21.8. The van der Waals surface area contributed by atoms with Crippen LogP contribution in [0, 0.1) is 11.8 Å². The number of aliphatic carboxylic acids is 1. The summed E-state index contributed by atoms with van der Waals surface area (Å²) in [4.78, 5) is 19.8. The summed E-state index contributed by atoms with van der Waals surface area (Å²) in [7, 11) is 0. The molecular weight excluding hydrogens is 172 g/mol. The highest BCUT2D eigenvalue weighted by atomic mass is 16.6. The second-order valence-electron chi connectivity index (χ2n) is 3.16. The molecule has 0 bridgehead atoms. The number of hydrogen-bond donors (Lipinski definition) is 0. The number of esters is 1. The minimum absolute atomic E-state index is 0.0602. The Kier molecular flexibility index (Phi) is 5.11. The van der Waals surface area contributed by atoms with Crippen molar-refractivity contribution in [3.05, 3.63) is 0 Å². The van der Waals surface area contributed by atoms with Crippen LogP contribution < -0.4 is 5.11 Å². The van der Waals surface area contributed by atoms with Gasteiger partial charge in [0.15, 0.2) is 0 Å². The van der Waals surface area contributed by atoms with Gasteiger partial charge in [-0.25, -0.2) is 0 Å². The fourth-order valence-electron chi connectivity index (χ4n) is 0.485. The van der Waals surface area contributed by atoms with Crippen molar-refractivity contribution in [1.29, 1.82) is 0 Å². The number of rotatable bonds is 2. The lowest BCUT2D eigenvalue weighted by Crippen LogP contribution is -2.31. The predicted molar refractivity (Wildman–Crippen MR) is 44.6 cm³/mol. The lowest BCUT2D eigenvalue weighted by molar-refractivity contribution is -0.311. The van der Waals surface area contributed by atoms with Gasteiger partial charge in [-0.1, -0.05) is 13.8 Å². The Labute approximate surface area is 77.9 Å². The van der Waals surface area contributed by atoms with Crippen molar-refractivity contribution in [3.8, 4) is 0 Å². The fraction of sp³-hybridized carbons (Fsp3) is 0.778. The van der Waals surface area contributed by atoms with Gasteiger partial charge in [0.1, 0.15) is 6.61 Å². The minimum Gasteiger partial charge on any atom is -0.550 e. The second kappa shape index (κ2) is 5.56. The standard InChI is InChI=1S/C5H10O2.C4H6O2/c1-3-4(2)5(6)7;1-3-2-6-4(3)5/h4H,3H2,1-2H3,(H,6,7);3H,2H2,1H3/p-1/t4-;3-/m00/s1. The van der Waals surface area contributed by atoms with Crippen molar-refractivity contribution < 1.29 is 19.4 Å². The molecule has 13 heavy (non-hydrogen) atoms. The summed E-state index contributed by atoms with van der Waals surface area (Å²) in [6, 6.07) is 0. The summed E-state index contributed by atoms with van der Waals surface area (Å²) in [5.41, 5.74) is 0. The first kappa shape index (κ1) is 11.9.